The van der Waals surface area contributed by atoms with Gasteiger partial charge in [-0.15, -0.1) is 0 Å². The summed E-state index contributed by atoms with van der Waals surface area (Å²) in [5.74, 6) is -0.218. The molecule has 0 amide bonds. The normalized spacial score (nSPS) is 34.9. The molecule has 1 aliphatic carbocycles. The molecule has 104 valence electrons. The molecule has 1 saturated heterocycles. The van der Waals surface area contributed by atoms with Crippen molar-refractivity contribution in [3.63, 3.8) is 0 Å². The van der Waals surface area contributed by atoms with Gasteiger partial charge >= 0.3 is 0 Å². The second kappa shape index (κ2) is 5.04. The summed E-state index contributed by atoms with van der Waals surface area (Å²) >= 11 is 6.18. The Kier molecular flexibility index (Phi) is 3.54. The summed E-state index contributed by atoms with van der Waals surface area (Å²) < 4.78 is 14.1. The Balaban J connectivity index is 1.99. The zero-order chi connectivity index (χ0) is 13.5. The van der Waals surface area contributed by atoms with Crippen LogP contribution in [0.15, 0.2) is 18.2 Å². The fourth-order valence-electron chi connectivity index (χ4n) is 3.73. The molecule has 3 atom stereocenters. The highest BCUT2D eigenvalue weighted by atomic mass is 35.5. The van der Waals surface area contributed by atoms with Gasteiger partial charge in [-0.05, 0) is 37.9 Å². The number of piperidine rings is 1. The van der Waals surface area contributed by atoms with Crippen molar-refractivity contribution < 1.29 is 9.50 Å². The molecule has 0 aromatic heterocycles. The maximum absolute atomic E-state index is 14.1. The lowest BCUT2D eigenvalue weighted by molar-refractivity contribution is -0.0865. The van der Waals surface area contributed by atoms with E-state index in [9.17, 15) is 9.50 Å². The second-order valence-electron chi connectivity index (χ2n) is 5.77. The van der Waals surface area contributed by atoms with E-state index in [2.05, 4.69) is 5.32 Å². The minimum atomic E-state index is -0.653. The summed E-state index contributed by atoms with van der Waals surface area (Å²) in [5, 5.41) is 14.6. The molecule has 2 fully saturated rings. The molecule has 1 aromatic carbocycles. The van der Waals surface area contributed by atoms with Crippen LogP contribution < -0.4 is 5.32 Å². The van der Waals surface area contributed by atoms with Gasteiger partial charge in [0.2, 0.25) is 0 Å². The SMILES string of the molecule is OC12CCCCC1C(c1c(F)cccc1Cl)NCC2. The van der Waals surface area contributed by atoms with Crippen molar-refractivity contribution in [2.24, 2.45) is 5.92 Å². The van der Waals surface area contributed by atoms with E-state index in [4.69, 9.17) is 11.6 Å². The maximum atomic E-state index is 14.1. The molecule has 3 rings (SSSR count). The van der Waals surface area contributed by atoms with Gasteiger partial charge in [0.1, 0.15) is 5.82 Å². The summed E-state index contributed by atoms with van der Waals surface area (Å²) in [4.78, 5) is 0. The molecule has 2 aliphatic rings. The number of hydrogen-bond donors (Lipinski definition) is 2. The van der Waals surface area contributed by atoms with Crippen molar-refractivity contribution in [3.05, 3.63) is 34.6 Å². The number of benzene rings is 1. The van der Waals surface area contributed by atoms with Gasteiger partial charge in [-0.3, -0.25) is 0 Å². The molecule has 1 heterocycles. The van der Waals surface area contributed by atoms with E-state index in [1.807, 2.05) is 0 Å². The number of nitrogens with one attached hydrogen (secondary N) is 1. The fraction of sp³-hybridized carbons (Fsp3) is 0.600. The van der Waals surface area contributed by atoms with E-state index in [0.29, 0.717) is 17.1 Å². The maximum Gasteiger partial charge on any atom is 0.129 e. The van der Waals surface area contributed by atoms with Crippen LogP contribution in [0, 0.1) is 11.7 Å². The molecule has 0 spiro atoms. The summed E-state index contributed by atoms with van der Waals surface area (Å²) in [6, 6.07) is 4.61. The van der Waals surface area contributed by atoms with Gasteiger partial charge in [0, 0.05) is 22.5 Å². The molecule has 0 bridgehead atoms. The predicted molar refractivity (Wildman–Crippen MR) is 73.7 cm³/mol. The molecule has 19 heavy (non-hydrogen) atoms. The van der Waals surface area contributed by atoms with Crippen LogP contribution in [0.4, 0.5) is 4.39 Å². The van der Waals surface area contributed by atoms with Gasteiger partial charge in [0.25, 0.3) is 0 Å². The average Bonchev–Trinajstić information content (AvgIpc) is 2.38. The third-order valence-corrected chi connectivity index (χ3v) is 5.03. The fourth-order valence-corrected chi connectivity index (χ4v) is 4.01. The number of aliphatic hydroxyl groups is 1. The third-order valence-electron chi connectivity index (χ3n) is 4.70. The molecular formula is C15H19ClFNO. The van der Waals surface area contributed by atoms with Gasteiger partial charge in [-0.25, -0.2) is 4.39 Å². The van der Waals surface area contributed by atoms with Gasteiger partial charge in [0.15, 0.2) is 0 Å². The quantitative estimate of drug-likeness (QED) is 0.827. The first kappa shape index (κ1) is 13.3. The minimum absolute atomic E-state index is 0.0596. The Bertz CT molecular complexity index is 457. The van der Waals surface area contributed by atoms with Crippen molar-refractivity contribution >= 4 is 11.6 Å². The lowest BCUT2D eigenvalue weighted by atomic mass is 9.67. The van der Waals surface area contributed by atoms with Crippen LogP contribution in [0.3, 0.4) is 0 Å². The van der Waals surface area contributed by atoms with E-state index in [-0.39, 0.29) is 17.8 Å². The van der Waals surface area contributed by atoms with Crippen LogP contribution in [0.1, 0.15) is 43.7 Å². The molecule has 2 N–H and O–H groups in total. The number of halogens is 2. The largest absolute Gasteiger partial charge is 0.389 e. The van der Waals surface area contributed by atoms with Crippen molar-refractivity contribution in [1.82, 2.24) is 5.32 Å². The van der Waals surface area contributed by atoms with Crippen molar-refractivity contribution in [2.45, 2.75) is 43.7 Å². The smallest absolute Gasteiger partial charge is 0.129 e. The Hall–Kier alpha value is -0.640. The van der Waals surface area contributed by atoms with Gasteiger partial charge in [0.05, 0.1) is 5.60 Å². The summed E-state index contributed by atoms with van der Waals surface area (Å²) in [7, 11) is 0. The van der Waals surface area contributed by atoms with Crippen molar-refractivity contribution in [1.29, 1.82) is 0 Å². The topological polar surface area (TPSA) is 32.3 Å². The van der Waals surface area contributed by atoms with Crippen molar-refractivity contribution in [2.75, 3.05) is 6.54 Å². The lowest BCUT2D eigenvalue weighted by Crippen LogP contribution is -2.53. The highest BCUT2D eigenvalue weighted by molar-refractivity contribution is 6.31. The Labute approximate surface area is 118 Å². The standard InChI is InChI=1S/C15H19ClFNO/c16-11-5-3-6-12(17)13(11)14-10-4-1-2-7-15(10,19)8-9-18-14/h3,5-6,10,14,18-19H,1-2,4,7-9H2. The zero-order valence-corrected chi connectivity index (χ0v) is 11.6. The molecule has 1 aliphatic heterocycles. The Morgan fingerprint density at radius 1 is 1.32 bits per heavy atom. The lowest BCUT2D eigenvalue weighted by Gasteiger charge is -2.48. The molecule has 1 saturated carbocycles. The highest BCUT2D eigenvalue weighted by Crippen LogP contribution is 2.47. The van der Waals surface area contributed by atoms with E-state index < -0.39 is 5.60 Å². The van der Waals surface area contributed by atoms with E-state index >= 15 is 0 Å². The van der Waals surface area contributed by atoms with Crippen LogP contribution in [0.25, 0.3) is 0 Å². The Morgan fingerprint density at radius 3 is 2.95 bits per heavy atom. The first-order chi connectivity index (χ1) is 9.12. The summed E-state index contributed by atoms with van der Waals surface area (Å²) in [6.45, 7) is 0.711. The van der Waals surface area contributed by atoms with Crippen LogP contribution in [0.2, 0.25) is 5.02 Å². The van der Waals surface area contributed by atoms with Crippen LogP contribution in [-0.2, 0) is 0 Å². The molecule has 0 radical (unpaired) electrons. The van der Waals surface area contributed by atoms with Crippen LogP contribution in [-0.4, -0.2) is 17.3 Å². The highest BCUT2D eigenvalue weighted by Gasteiger charge is 2.46. The van der Waals surface area contributed by atoms with Crippen LogP contribution >= 0.6 is 11.6 Å². The van der Waals surface area contributed by atoms with Crippen molar-refractivity contribution in [3.8, 4) is 0 Å². The third kappa shape index (κ3) is 2.28. The molecule has 1 aromatic rings. The van der Waals surface area contributed by atoms with Gasteiger partial charge in [-0.2, -0.15) is 0 Å². The number of rotatable bonds is 1. The summed E-state index contributed by atoms with van der Waals surface area (Å²) in [5.41, 5.74) is -0.131. The second-order valence-corrected chi connectivity index (χ2v) is 6.18. The summed E-state index contributed by atoms with van der Waals surface area (Å²) in [6.07, 6.45) is 4.66. The molecule has 2 nitrogen and oxygen atoms in total. The number of hydrogen-bond acceptors (Lipinski definition) is 2. The monoisotopic (exact) mass is 283 g/mol. The van der Waals surface area contributed by atoms with E-state index in [0.717, 1.165) is 32.1 Å². The molecule has 3 unspecified atom stereocenters. The molecular weight excluding hydrogens is 265 g/mol. The Morgan fingerprint density at radius 2 is 2.16 bits per heavy atom. The molecule has 4 heteroatoms. The number of fused-ring (bicyclic) bond motifs is 1. The minimum Gasteiger partial charge on any atom is -0.389 e. The first-order valence-electron chi connectivity index (χ1n) is 7.01. The van der Waals surface area contributed by atoms with Gasteiger partial charge in [-0.1, -0.05) is 30.5 Å². The predicted octanol–water partition coefficient (Wildman–Crippen LogP) is 3.43. The van der Waals surface area contributed by atoms with Crippen LogP contribution in [0.5, 0.6) is 0 Å². The van der Waals surface area contributed by atoms with E-state index in [1.165, 1.54) is 6.07 Å². The van der Waals surface area contributed by atoms with E-state index in [1.54, 1.807) is 12.1 Å². The zero-order valence-electron chi connectivity index (χ0n) is 10.8. The average molecular weight is 284 g/mol. The van der Waals surface area contributed by atoms with Gasteiger partial charge < -0.3 is 10.4 Å². The first-order valence-corrected chi connectivity index (χ1v) is 7.39.